The first kappa shape index (κ1) is 23.0. The van der Waals surface area contributed by atoms with Crippen LogP contribution in [0.4, 0.5) is 24.7 Å². The maximum absolute atomic E-state index is 13.6. The molecule has 33 heavy (non-hydrogen) atoms. The summed E-state index contributed by atoms with van der Waals surface area (Å²) in [5.41, 5.74) is -0.533. The lowest BCUT2D eigenvalue weighted by Crippen LogP contribution is -2.30. The van der Waals surface area contributed by atoms with Crippen molar-refractivity contribution in [3.05, 3.63) is 42.1 Å². The standard InChI is InChI=1S/C23H27F3N6O/c1-22(2,3)21(33)29-17-11-14(5-6-16(17)23(24,25)26)18-13-32-19(28-18)7-8-20(30-32)31-10-9-15(12-31)27-4/h5-8,11,13,15,27H,9-10,12H2,1-4H3,(H,29,33). The molecule has 176 valence electrons. The molecule has 3 aromatic rings. The van der Waals surface area contributed by atoms with E-state index in [2.05, 4.69) is 25.6 Å². The normalized spacial score (nSPS) is 17.1. The number of nitrogens with one attached hydrogen (secondary N) is 2. The Hall–Kier alpha value is -3.14. The van der Waals surface area contributed by atoms with Crippen molar-refractivity contribution in [2.75, 3.05) is 30.4 Å². The second-order valence-corrected chi connectivity index (χ2v) is 9.30. The van der Waals surface area contributed by atoms with Gasteiger partial charge in [-0.25, -0.2) is 9.50 Å². The van der Waals surface area contributed by atoms with Crippen molar-refractivity contribution >= 4 is 23.1 Å². The number of carbonyl (C=O) groups is 1. The van der Waals surface area contributed by atoms with E-state index >= 15 is 0 Å². The topological polar surface area (TPSA) is 74.6 Å². The van der Waals surface area contributed by atoms with Gasteiger partial charge in [-0.15, -0.1) is 5.10 Å². The zero-order chi connectivity index (χ0) is 24.0. The van der Waals surface area contributed by atoms with Gasteiger partial charge >= 0.3 is 6.18 Å². The Balaban J connectivity index is 1.68. The lowest BCUT2D eigenvalue weighted by Gasteiger charge is -2.20. The molecule has 1 unspecified atom stereocenters. The third-order valence-electron chi connectivity index (χ3n) is 5.78. The number of imidazole rings is 1. The first-order valence-corrected chi connectivity index (χ1v) is 10.8. The van der Waals surface area contributed by atoms with E-state index in [-0.39, 0.29) is 5.69 Å². The van der Waals surface area contributed by atoms with Crippen molar-refractivity contribution in [1.29, 1.82) is 0 Å². The van der Waals surface area contributed by atoms with Crippen molar-refractivity contribution in [2.45, 2.75) is 39.4 Å². The van der Waals surface area contributed by atoms with E-state index in [1.807, 2.05) is 19.2 Å². The minimum atomic E-state index is -4.60. The van der Waals surface area contributed by atoms with Crippen molar-refractivity contribution in [1.82, 2.24) is 19.9 Å². The summed E-state index contributed by atoms with van der Waals surface area (Å²) in [4.78, 5) is 19.1. The van der Waals surface area contributed by atoms with E-state index in [0.717, 1.165) is 31.4 Å². The fraction of sp³-hybridized carbons (Fsp3) is 0.435. The molecule has 2 N–H and O–H groups in total. The first-order valence-electron chi connectivity index (χ1n) is 10.8. The van der Waals surface area contributed by atoms with Crippen LogP contribution in [0.5, 0.6) is 0 Å². The number of anilines is 2. The third-order valence-corrected chi connectivity index (χ3v) is 5.78. The average molecular weight is 461 g/mol. The second kappa shape index (κ2) is 8.33. The number of halogens is 3. The van der Waals surface area contributed by atoms with E-state index in [1.54, 1.807) is 31.5 Å². The van der Waals surface area contributed by atoms with Crippen molar-refractivity contribution in [2.24, 2.45) is 5.41 Å². The second-order valence-electron chi connectivity index (χ2n) is 9.30. The molecule has 1 aliphatic rings. The predicted octanol–water partition coefficient (Wildman–Crippen LogP) is 4.20. The maximum atomic E-state index is 13.6. The zero-order valence-corrected chi connectivity index (χ0v) is 19.0. The summed E-state index contributed by atoms with van der Waals surface area (Å²) in [5.74, 6) is 0.312. The molecule has 1 saturated heterocycles. The lowest BCUT2D eigenvalue weighted by atomic mass is 9.95. The molecule has 0 bridgehead atoms. The molecule has 1 fully saturated rings. The number of aromatic nitrogens is 3. The SMILES string of the molecule is CNC1CCN(c2ccc3nc(-c4ccc(C(F)(F)F)c(NC(=O)C(C)(C)C)c4)cn3n2)C1. The van der Waals surface area contributed by atoms with Gasteiger partial charge < -0.3 is 15.5 Å². The molecule has 3 heterocycles. The number of benzene rings is 1. The molecule has 0 radical (unpaired) electrons. The van der Waals surface area contributed by atoms with Crippen LogP contribution in [0.15, 0.2) is 36.5 Å². The van der Waals surface area contributed by atoms with Gasteiger partial charge in [0.25, 0.3) is 0 Å². The maximum Gasteiger partial charge on any atom is 0.418 e. The number of alkyl halides is 3. The van der Waals surface area contributed by atoms with Gasteiger partial charge in [0.1, 0.15) is 5.82 Å². The molecule has 2 aromatic heterocycles. The first-order chi connectivity index (χ1) is 15.5. The minimum Gasteiger partial charge on any atom is -0.354 e. The highest BCUT2D eigenvalue weighted by Crippen LogP contribution is 2.37. The van der Waals surface area contributed by atoms with E-state index in [4.69, 9.17) is 0 Å². The Morgan fingerprint density at radius 3 is 2.55 bits per heavy atom. The fourth-order valence-electron chi connectivity index (χ4n) is 3.75. The van der Waals surface area contributed by atoms with Gasteiger partial charge in [0.2, 0.25) is 5.91 Å². The van der Waals surface area contributed by atoms with Gasteiger partial charge in [-0.05, 0) is 37.7 Å². The number of amides is 1. The Bertz CT molecular complexity index is 1180. The van der Waals surface area contributed by atoms with Crippen LogP contribution in [0.25, 0.3) is 16.9 Å². The molecule has 0 saturated carbocycles. The van der Waals surface area contributed by atoms with E-state index in [0.29, 0.717) is 22.9 Å². The summed E-state index contributed by atoms with van der Waals surface area (Å²) >= 11 is 0. The number of nitrogens with zero attached hydrogens (tertiary/aromatic N) is 4. The quantitative estimate of drug-likeness (QED) is 0.611. The van der Waals surface area contributed by atoms with Crippen LogP contribution >= 0.6 is 0 Å². The summed E-state index contributed by atoms with van der Waals surface area (Å²) < 4.78 is 42.3. The van der Waals surface area contributed by atoms with Gasteiger partial charge in [-0.1, -0.05) is 26.8 Å². The van der Waals surface area contributed by atoms with Crippen LogP contribution in [0.3, 0.4) is 0 Å². The van der Waals surface area contributed by atoms with Gasteiger partial charge in [0.15, 0.2) is 5.65 Å². The van der Waals surface area contributed by atoms with Gasteiger partial charge in [-0.2, -0.15) is 13.2 Å². The van der Waals surface area contributed by atoms with Gasteiger partial charge in [-0.3, -0.25) is 4.79 Å². The smallest absolute Gasteiger partial charge is 0.354 e. The molecule has 1 aromatic carbocycles. The molecule has 4 rings (SSSR count). The highest BCUT2D eigenvalue weighted by molar-refractivity contribution is 5.96. The van der Waals surface area contributed by atoms with Crippen LogP contribution < -0.4 is 15.5 Å². The van der Waals surface area contributed by atoms with Gasteiger partial charge in [0.05, 0.1) is 23.1 Å². The predicted molar refractivity (Wildman–Crippen MR) is 121 cm³/mol. The average Bonchev–Trinajstić information content (AvgIpc) is 3.38. The van der Waals surface area contributed by atoms with E-state index < -0.39 is 23.1 Å². The summed E-state index contributed by atoms with van der Waals surface area (Å²) in [6, 6.07) is 7.79. The monoisotopic (exact) mass is 460 g/mol. The van der Waals surface area contributed by atoms with Crippen molar-refractivity contribution in [3.8, 4) is 11.3 Å². The van der Waals surface area contributed by atoms with Crippen LogP contribution in [0.1, 0.15) is 32.8 Å². The van der Waals surface area contributed by atoms with Crippen molar-refractivity contribution in [3.63, 3.8) is 0 Å². The molecular weight excluding hydrogens is 433 g/mol. The molecule has 0 aliphatic carbocycles. The van der Waals surface area contributed by atoms with Crippen LogP contribution in [0, 0.1) is 5.41 Å². The van der Waals surface area contributed by atoms with E-state index in [1.165, 1.54) is 12.1 Å². The lowest BCUT2D eigenvalue weighted by molar-refractivity contribution is -0.137. The molecule has 10 heteroatoms. The zero-order valence-electron chi connectivity index (χ0n) is 19.0. The summed E-state index contributed by atoms with van der Waals surface area (Å²) in [6.45, 7) is 6.67. The number of likely N-dealkylation sites (N-methyl/N-ethyl adjacent to an activating group) is 1. The van der Waals surface area contributed by atoms with Crippen LogP contribution in [-0.4, -0.2) is 46.7 Å². The van der Waals surface area contributed by atoms with E-state index in [9.17, 15) is 18.0 Å². The Kier molecular flexibility index (Phi) is 5.81. The Morgan fingerprint density at radius 1 is 1.15 bits per heavy atom. The third kappa shape index (κ3) is 4.80. The molecule has 7 nitrogen and oxygen atoms in total. The Morgan fingerprint density at radius 2 is 1.91 bits per heavy atom. The highest BCUT2D eigenvalue weighted by Gasteiger charge is 2.35. The number of fused-ring (bicyclic) bond motifs is 1. The number of hydrogen-bond donors (Lipinski definition) is 2. The summed E-state index contributed by atoms with van der Waals surface area (Å²) in [5, 5.41) is 10.3. The molecule has 1 amide bonds. The number of hydrogen-bond acceptors (Lipinski definition) is 5. The van der Waals surface area contributed by atoms with Gasteiger partial charge in [0, 0.05) is 30.1 Å². The number of rotatable bonds is 4. The Labute approximate surface area is 190 Å². The molecule has 1 atom stereocenters. The van der Waals surface area contributed by atoms with Crippen LogP contribution in [-0.2, 0) is 11.0 Å². The molecule has 1 aliphatic heterocycles. The summed E-state index contributed by atoms with van der Waals surface area (Å²) in [6.07, 6.45) is -1.89. The molecular formula is C23H27F3N6O. The molecule has 0 spiro atoms. The summed E-state index contributed by atoms with van der Waals surface area (Å²) in [7, 11) is 1.94. The van der Waals surface area contributed by atoms with Crippen LogP contribution in [0.2, 0.25) is 0 Å². The minimum absolute atomic E-state index is 0.291. The fourth-order valence-corrected chi connectivity index (χ4v) is 3.75. The largest absolute Gasteiger partial charge is 0.418 e. The number of carbonyl (C=O) groups excluding carboxylic acids is 1. The van der Waals surface area contributed by atoms with Crippen molar-refractivity contribution < 1.29 is 18.0 Å². The highest BCUT2D eigenvalue weighted by atomic mass is 19.4.